The van der Waals surface area contributed by atoms with Gasteiger partial charge in [0.25, 0.3) is 0 Å². The van der Waals surface area contributed by atoms with Crippen LogP contribution in [0.3, 0.4) is 0 Å². The summed E-state index contributed by atoms with van der Waals surface area (Å²) in [7, 11) is 2.57. The number of amides is 4. The van der Waals surface area contributed by atoms with Crippen molar-refractivity contribution in [2.75, 3.05) is 27.3 Å². The first-order valence-electron chi connectivity index (χ1n) is 23.2. The summed E-state index contributed by atoms with van der Waals surface area (Å²) in [5, 5.41) is 5.41. The number of hydrogen-bond donors (Lipinski definition) is 4. The molecule has 2 aromatic heterocycles. The fraction of sp³-hybridized carbons (Fsp3) is 0.431. The van der Waals surface area contributed by atoms with Gasteiger partial charge in [-0.25, -0.2) is 19.6 Å². The molecule has 0 radical (unpaired) electrons. The second-order valence-corrected chi connectivity index (χ2v) is 19.0. The minimum absolute atomic E-state index is 0.128. The normalized spacial score (nSPS) is 21.6. The SMILES string of the molecule is COC(=O)N[C@H](C(=O)N1CCC[C@@H]1c1ncc(-c2ccc(-c3ccc(-c4ccc(-c5cnc([C@@H]6CCCN6C(=O)[C@@H](NC(=O)OC)C(C)C)[nH]5)cc4)c4c3C3(C)CC4OC3=O)cc2)[nH]1)C(C)C. The van der Waals surface area contributed by atoms with E-state index in [0.29, 0.717) is 31.2 Å². The number of benzene rings is 3. The summed E-state index contributed by atoms with van der Waals surface area (Å²) in [6.45, 7) is 10.7. The third kappa shape index (κ3) is 8.20. The van der Waals surface area contributed by atoms with Gasteiger partial charge in [0, 0.05) is 25.1 Å². The Kier molecular flexibility index (Phi) is 12.2. The second kappa shape index (κ2) is 18.0. The van der Waals surface area contributed by atoms with Gasteiger partial charge in [-0.1, -0.05) is 88.4 Å². The second-order valence-electron chi connectivity index (χ2n) is 19.0. The number of nitrogens with one attached hydrogen (secondary N) is 4. The van der Waals surface area contributed by atoms with Crippen LogP contribution in [0.15, 0.2) is 73.1 Å². The number of alkyl carbamates (subject to hydrolysis) is 2. The molecule has 0 saturated carbocycles. The molecule has 4 amide bonds. The van der Waals surface area contributed by atoms with Gasteiger partial charge in [0.15, 0.2) is 0 Å². The highest BCUT2D eigenvalue weighted by Crippen LogP contribution is 2.58. The van der Waals surface area contributed by atoms with Crippen molar-refractivity contribution in [1.82, 2.24) is 40.4 Å². The number of H-pyrrole nitrogens is 2. The maximum absolute atomic E-state index is 13.7. The van der Waals surface area contributed by atoms with E-state index in [0.717, 1.165) is 81.6 Å². The smallest absolute Gasteiger partial charge is 0.407 e. The van der Waals surface area contributed by atoms with Crippen LogP contribution in [0.4, 0.5) is 9.59 Å². The largest absolute Gasteiger partial charge is 0.457 e. The molecule has 2 bridgehead atoms. The van der Waals surface area contributed by atoms with E-state index in [4.69, 9.17) is 24.2 Å². The molecular formula is C51H58N8O8. The molecule has 3 saturated heterocycles. The van der Waals surface area contributed by atoms with Crippen molar-refractivity contribution in [2.24, 2.45) is 11.8 Å². The van der Waals surface area contributed by atoms with Crippen molar-refractivity contribution in [3.8, 4) is 44.8 Å². The summed E-state index contributed by atoms with van der Waals surface area (Å²) < 4.78 is 15.6. The first-order chi connectivity index (χ1) is 32.2. The summed E-state index contributed by atoms with van der Waals surface area (Å²) in [5.41, 5.74) is 8.71. The Balaban J connectivity index is 0.939. The number of likely N-dealkylation sites (tertiary alicyclic amines) is 2. The summed E-state index contributed by atoms with van der Waals surface area (Å²) in [4.78, 5) is 84.9. The summed E-state index contributed by atoms with van der Waals surface area (Å²) in [5.74, 6) is 0.606. The number of hydrogen-bond acceptors (Lipinski definition) is 10. The molecule has 67 heavy (non-hydrogen) atoms. The van der Waals surface area contributed by atoms with E-state index in [1.807, 2.05) is 58.9 Å². The average Bonchev–Trinajstić information content (AvgIpc) is 4.20. The van der Waals surface area contributed by atoms with E-state index in [2.05, 4.69) is 57.0 Å². The van der Waals surface area contributed by atoms with E-state index >= 15 is 0 Å². The minimum atomic E-state index is -0.792. The van der Waals surface area contributed by atoms with Crippen LogP contribution in [0.2, 0.25) is 0 Å². The molecule has 2 unspecified atom stereocenters. The van der Waals surface area contributed by atoms with Crippen LogP contribution >= 0.6 is 0 Å². The van der Waals surface area contributed by atoms with Crippen LogP contribution in [-0.4, -0.2) is 99.1 Å². The van der Waals surface area contributed by atoms with Crippen LogP contribution in [-0.2, 0) is 34.0 Å². The van der Waals surface area contributed by atoms with E-state index in [1.165, 1.54) is 14.2 Å². The van der Waals surface area contributed by atoms with Gasteiger partial charge in [-0.3, -0.25) is 14.4 Å². The van der Waals surface area contributed by atoms with Gasteiger partial charge in [0.2, 0.25) is 11.8 Å². The lowest BCUT2D eigenvalue weighted by Gasteiger charge is -2.30. The predicted octanol–water partition coefficient (Wildman–Crippen LogP) is 8.15. The Morgan fingerprint density at radius 2 is 1.12 bits per heavy atom. The Labute approximate surface area is 389 Å². The van der Waals surface area contributed by atoms with Crippen molar-refractivity contribution in [3.05, 3.63) is 95.8 Å². The number of carbonyl (C=O) groups is 5. The molecule has 350 valence electrons. The van der Waals surface area contributed by atoms with E-state index in [-0.39, 0.29) is 47.8 Å². The minimum Gasteiger partial charge on any atom is -0.457 e. The third-order valence-corrected chi connectivity index (χ3v) is 14.1. The first kappa shape index (κ1) is 45.2. The summed E-state index contributed by atoms with van der Waals surface area (Å²) in [6.07, 6.45) is 5.68. The van der Waals surface area contributed by atoms with E-state index < -0.39 is 29.7 Å². The van der Waals surface area contributed by atoms with Crippen LogP contribution in [0.5, 0.6) is 0 Å². The zero-order chi connectivity index (χ0) is 47.3. The summed E-state index contributed by atoms with van der Waals surface area (Å²) >= 11 is 0. The zero-order valence-corrected chi connectivity index (χ0v) is 39.0. The van der Waals surface area contributed by atoms with Crippen LogP contribution in [0.1, 0.15) is 108 Å². The van der Waals surface area contributed by atoms with Gasteiger partial charge >= 0.3 is 18.2 Å². The average molecular weight is 911 g/mol. The van der Waals surface area contributed by atoms with Crippen molar-refractivity contribution in [2.45, 2.75) is 102 Å². The van der Waals surface area contributed by atoms with Gasteiger partial charge in [-0.15, -0.1) is 0 Å². The third-order valence-electron chi connectivity index (χ3n) is 14.1. The number of ether oxygens (including phenoxy) is 3. The number of aromatic nitrogens is 4. The molecule has 4 aliphatic rings. The van der Waals surface area contributed by atoms with Crippen LogP contribution < -0.4 is 10.6 Å². The van der Waals surface area contributed by atoms with Gasteiger partial charge < -0.3 is 44.6 Å². The van der Waals surface area contributed by atoms with E-state index in [1.54, 1.807) is 22.2 Å². The number of nitrogens with zero attached hydrogens (tertiary/aromatic N) is 4. The highest BCUT2D eigenvalue weighted by Gasteiger charge is 2.57. The molecule has 3 fully saturated rings. The van der Waals surface area contributed by atoms with Crippen LogP contribution in [0.25, 0.3) is 44.8 Å². The lowest BCUT2D eigenvalue weighted by molar-refractivity contribution is -0.146. The Hall–Kier alpha value is -6.97. The Morgan fingerprint density at radius 1 is 0.687 bits per heavy atom. The molecule has 3 aliphatic heterocycles. The number of carbonyl (C=O) groups excluding carboxylic acids is 5. The van der Waals surface area contributed by atoms with E-state index in [9.17, 15) is 24.0 Å². The molecule has 5 aromatic rings. The molecule has 16 nitrogen and oxygen atoms in total. The summed E-state index contributed by atoms with van der Waals surface area (Å²) in [6, 6.07) is 18.8. The maximum atomic E-state index is 13.7. The molecule has 4 N–H and O–H groups in total. The first-order valence-corrected chi connectivity index (χ1v) is 23.2. The lowest BCUT2D eigenvalue weighted by Crippen LogP contribution is -2.51. The molecule has 1 aliphatic carbocycles. The van der Waals surface area contributed by atoms with Crippen molar-refractivity contribution in [3.63, 3.8) is 0 Å². The van der Waals surface area contributed by atoms with Crippen molar-refractivity contribution < 1.29 is 38.2 Å². The number of aromatic amines is 2. The van der Waals surface area contributed by atoms with Crippen molar-refractivity contribution >= 4 is 30.0 Å². The monoisotopic (exact) mass is 910 g/mol. The predicted molar refractivity (Wildman–Crippen MR) is 249 cm³/mol. The molecule has 9 rings (SSSR count). The zero-order valence-electron chi connectivity index (χ0n) is 39.0. The number of imidazole rings is 2. The van der Waals surface area contributed by atoms with Gasteiger partial charge in [0.1, 0.15) is 29.8 Å². The molecular weight excluding hydrogens is 853 g/mol. The highest BCUT2D eigenvalue weighted by molar-refractivity contribution is 5.95. The van der Waals surface area contributed by atoms with Gasteiger partial charge in [-0.2, -0.15) is 0 Å². The Morgan fingerprint density at radius 3 is 1.57 bits per heavy atom. The molecule has 3 aromatic carbocycles. The molecule has 6 atom stereocenters. The molecule has 0 spiro atoms. The lowest BCUT2D eigenvalue weighted by atomic mass is 9.78. The highest BCUT2D eigenvalue weighted by atomic mass is 16.6. The number of methoxy groups -OCH3 is 2. The maximum Gasteiger partial charge on any atom is 0.407 e. The fourth-order valence-electron chi connectivity index (χ4n) is 10.5. The van der Waals surface area contributed by atoms with Gasteiger partial charge in [-0.05, 0) is 83.4 Å². The molecule has 16 heteroatoms. The van der Waals surface area contributed by atoms with Crippen molar-refractivity contribution in [1.29, 1.82) is 0 Å². The Bertz CT molecular complexity index is 2710. The number of fused-ring (bicyclic) bond motifs is 5. The van der Waals surface area contributed by atoms with Crippen LogP contribution in [0, 0.1) is 11.8 Å². The number of rotatable bonds is 12. The topological polar surface area (TPSA) is 201 Å². The fourth-order valence-corrected chi connectivity index (χ4v) is 10.5. The molecule has 5 heterocycles. The quantitative estimate of drug-likeness (QED) is 0.0699. The number of esters is 1. The van der Waals surface area contributed by atoms with Gasteiger partial charge in [0.05, 0.1) is 55.5 Å². The standard InChI is InChI=1S/C51H58N8O8/c1-27(2)42(56-49(63)65-6)46(60)58-22-8-10-37(58)44-52-25-35(54-44)31-16-12-29(13-17-31)33-20-21-34(41-40(33)39-24-51(41,5)48(62)67-39)30-14-18-32(19-15-30)36-26-53-45(55-36)38-11-9-23-59(38)47(61)43(28(3)4)57-50(64)66-7/h12-21,25-28,37-39,42-43H,8-11,22-24H2,1-7H3,(H,52,54)(H,53,55)(H,56,63)(H,57,64)/t37-,38+,39?,42-,43-,51?/m0/s1.